The van der Waals surface area contributed by atoms with E-state index in [0.29, 0.717) is 16.5 Å². The van der Waals surface area contributed by atoms with Crippen LogP contribution in [-0.2, 0) is 0 Å². The van der Waals surface area contributed by atoms with Gasteiger partial charge in [0.1, 0.15) is 5.75 Å². The van der Waals surface area contributed by atoms with Gasteiger partial charge in [-0.2, -0.15) is 0 Å². The first-order valence-electron chi connectivity index (χ1n) is 7.49. The Morgan fingerprint density at radius 3 is 2.22 bits per heavy atom. The van der Waals surface area contributed by atoms with Gasteiger partial charge in [-0.15, -0.1) is 0 Å². The number of rotatable bonds is 2. The zero-order valence-electron chi connectivity index (χ0n) is 12.4. The molecule has 0 aromatic heterocycles. The minimum absolute atomic E-state index is 0.0296. The molecule has 2 heteroatoms. The number of hydrogen-bond donors (Lipinski definition) is 1. The van der Waals surface area contributed by atoms with E-state index in [1.165, 1.54) is 0 Å². The summed E-state index contributed by atoms with van der Waals surface area (Å²) in [5.74, 6) is 0.161. The quantitative estimate of drug-likeness (QED) is 0.421. The number of ketones is 1. The van der Waals surface area contributed by atoms with Gasteiger partial charge in [-0.05, 0) is 28.3 Å². The van der Waals surface area contributed by atoms with Crippen molar-refractivity contribution in [2.24, 2.45) is 0 Å². The monoisotopic (exact) mass is 298 g/mol. The van der Waals surface area contributed by atoms with Crippen LogP contribution in [-0.4, -0.2) is 10.9 Å². The summed E-state index contributed by atoms with van der Waals surface area (Å²) in [4.78, 5) is 13.1. The Balaban J connectivity index is 2.14. The van der Waals surface area contributed by atoms with Crippen molar-refractivity contribution >= 4 is 27.3 Å². The van der Waals surface area contributed by atoms with E-state index >= 15 is 0 Å². The van der Waals surface area contributed by atoms with Crippen molar-refractivity contribution in [3.63, 3.8) is 0 Å². The third-order valence-corrected chi connectivity index (χ3v) is 4.15. The summed E-state index contributed by atoms with van der Waals surface area (Å²) in [7, 11) is 0. The molecule has 4 aromatic rings. The van der Waals surface area contributed by atoms with Crippen LogP contribution in [0.1, 0.15) is 15.9 Å². The van der Waals surface area contributed by atoms with Crippen molar-refractivity contribution in [1.29, 1.82) is 0 Å². The molecule has 0 radical (unpaired) electrons. The highest BCUT2D eigenvalue weighted by Gasteiger charge is 2.17. The maximum atomic E-state index is 13.1. The highest BCUT2D eigenvalue weighted by atomic mass is 16.3. The molecule has 110 valence electrons. The second-order valence-corrected chi connectivity index (χ2v) is 5.54. The van der Waals surface area contributed by atoms with Gasteiger partial charge in [0.15, 0.2) is 5.78 Å². The Bertz CT molecular complexity index is 1030. The van der Waals surface area contributed by atoms with Crippen molar-refractivity contribution in [2.45, 2.75) is 0 Å². The maximum absolute atomic E-state index is 13.1. The Kier molecular flexibility index (Phi) is 3.09. The number of benzene rings is 4. The van der Waals surface area contributed by atoms with Crippen molar-refractivity contribution in [1.82, 2.24) is 0 Å². The number of fused-ring (bicyclic) bond motifs is 2. The standard InChI is InChI=1S/C21H14O2/c22-19-12-6-11-17-18(19)13-15-9-4-5-10-16(15)20(17)21(23)14-7-2-1-3-8-14/h1-13,22H. The summed E-state index contributed by atoms with van der Waals surface area (Å²) < 4.78 is 0. The predicted octanol–water partition coefficient (Wildman–Crippen LogP) is 4.93. The lowest BCUT2D eigenvalue weighted by Crippen LogP contribution is -2.03. The fraction of sp³-hybridized carbons (Fsp3) is 0. The van der Waals surface area contributed by atoms with E-state index in [4.69, 9.17) is 0 Å². The van der Waals surface area contributed by atoms with Gasteiger partial charge < -0.3 is 5.11 Å². The van der Waals surface area contributed by atoms with Crippen molar-refractivity contribution < 1.29 is 9.90 Å². The van der Waals surface area contributed by atoms with E-state index < -0.39 is 0 Å². The molecule has 23 heavy (non-hydrogen) atoms. The molecule has 0 fully saturated rings. The molecule has 0 saturated carbocycles. The second kappa shape index (κ2) is 5.25. The fourth-order valence-electron chi connectivity index (χ4n) is 3.05. The first kappa shape index (κ1) is 13.5. The van der Waals surface area contributed by atoms with Gasteiger partial charge in [0.05, 0.1) is 0 Å². The Morgan fingerprint density at radius 2 is 1.39 bits per heavy atom. The van der Waals surface area contributed by atoms with E-state index in [1.54, 1.807) is 12.1 Å². The molecule has 0 aliphatic heterocycles. The summed E-state index contributed by atoms with van der Waals surface area (Å²) in [6.07, 6.45) is 0. The SMILES string of the molecule is O=C(c1ccccc1)c1c2ccccc2cc2c(O)cccc12. The number of phenolic OH excluding ortho intramolecular Hbond substituents is 1. The number of carbonyl (C=O) groups is 1. The molecule has 1 N–H and O–H groups in total. The molecule has 0 saturated heterocycles. The molecule has 4 aromatic carbocycles. The molecular weight excluding hydrogens is 284 g/mol. The van der Waals surface area contributed by atoms with Crippen LogP contribution in [0.4, 0.5) is 0 Å². The summed E-state index contributed by atoms with van der Waals surface area (Å²) in [5, 5.41) is 13.5. The first-order valence-corrected chi connectivity index (χ1v) is 7.49. The van der Waals surface area contributed by atoms with Gasteiger partial charge in [0, 0.05) is 16.5 Å². The number of hydrogen-bond acceptors (Lipinski definition) is 2. The van der Waals surface area contributed by atoms with E-state index in [1.807, 2.05) is 66.7 Å². The van der Waals surface area contributed by atoms with Gasteiger partial charge in [-0.25, -0.2) is 0 Å². The number of phenols is 1. The molecule has 0 atom stereocenters. The van der Waals surface area contributed by atoms with Crippen LogP contribution in [0.3, 0.4) is 0 Å². The lowest BCUT2D eigenvalue weighted by atomic mass is 9.91. The molecule has 2 nitrogen and oxygen atoms in total. The average Bonchev–Trinajstić information content (AvgIpc) is 2.61. The van der Waals surface area contributed by atoms with E-state index in [0.717, 1.165) is 16.2 Å². The molecule has 0 amide bonds. The van der Waals surface area contributed by atoms with Crippen LogP contribution in [0, 0.1) is 0 Å². The number of carbonyl (C=O) groups excluding carboxylic acids is 1. The average molecular weight is 298 g/mol. The van der Waals surface area contributed by atoms with Gasteiger partial charge in [0.2, 0.25) is 0 Å². The van der Waals surface area contributed by atoms with Gasteiger partial charge in [-0.3, -0.25) is 4.79 Å². The summed E-state index contributed by atoms with van der Waals surface area (Å²) in [6, 6.07) is 24.3. The van der Waals surface area contributed by atoms with Crippen LogP contribution in [0.25, 0.3) is 21.5 Å². The van der Waals surface area contributed by atoms with Crippen LogP contribution < -0.4 is 0 Å². The maximum Gasteiger partial charge on any atom is 0.194 e. The third kappa shape index (κ3) is 2.16. The fourth-order valence-corrected chi connectivity index (χ4v) is 3.05. The van der Waals surface area contributed by atoms with Crippen molar-refractivity contribution in [3.05, 3.63) is 90.0 Å². The first-order chi connectivity index (χ1) is 11.3. The molecule has 0 heterocycles. The zero-order valence-corrected chi connectivity index (χ0v) is 12.4. The Labute approximate surface area is 133 Å². The molecule has 0 aliphatic carbocycles. The smallest absolute Gasteiger partial charge is 0.194 e. The molecule has 0 spiro atoms. The Hall–Kier alpha value is -3.13. The predicted molar refractivity (Wildman–Crippen MR) is 93.0 cm³/mol. The minimum atomic E-state index is -0.0296. The molecule has 0 unspecified atom stereocenters. The van der Waals surface area contributed by atoms with Crippen LogP contribution in [0.2, 0.25) is 0 Å². The minimum Gasteiger partial charge on any atom is -0.507 e. The van der Waals surface area contributed by atoms with Gasteiger partial charge in [0.25, 0.3) is 0 Å². The van der Waals surface area contributed by atoms with Crippen LogP contribution >= 0.6 is 0 Å². The highest BCUT2D eigenvalue weighted by Crippen LogP contribution is 2.34. The van der Waals surface area contributed by atoms with Crippen LogP contribution in [0.15, 0.2) is 78.9 Å². The largest absolute Gasteiger partial charge is 0.507 e. The summed E-state index contributed by atoms with van der Waals surface area (Å²) >= 11 is 0. The summed E-state index contributed by atoms with van der Waals surface area (Å²) in [6.45, 7) is 0. The van der Waals surface area contributed by atoms with E-state index in [9.17, 15) is 9.90 Å². The number of aromatic hydroxyl groups is 1. The summed E-state index contributed by atoms with van der Waals surface area (Å²) in [5.41, 5.74) is 1.29. The van der Waals surface area contributed by atoms with Crippen molar-refractivity contribution in [3.8, 4) is 5.75 Å². The zero-order chi connectivity index (χ0) is 15.8. The van der Waals surface area contributed by atoms with Crippen LogP contribution in [0.5, 0.6) is 5.75 Å². The lowest BCUT2D eigenvalue weighted by molar-refractivity contribution is 0.104. The highest BCUT2D eigenvalue weighted by molar-refractivity contribution is 6.24. The van der Waals surface area contributed by atoms with E-state index in [-0.39, 0.29) is 11.5 Å². The lowest BCUT2D eigenvalue weighted by Gasteiger charge is -2.12. The van der Waals surface area contributed by atoms with E-state index in [2.05, 4.69) is 0 Å². The van der Waals surface area contributed by atoms with Crippen molar-refractivity contribution in [2.75, 3.05) is 0 Å². The Morgan fingerprint density at radius 1 is 0.696 bits per heavy atom. The topological polar surface area (TPSA) is 37.3 Å². The normalized spacial score (nSPS) is 11.0. The third-order valence-electron chi connectivity index (χ3n) is 4.15. The molecule has 0 bridgehead atoms. The second-order valence-electron chi connectivity index (χ2n) is 5.54. The molecule has 4 rings (SSSR count). The molecule has 0 aliphatic rings. The van der Waals surface area contributed by atoms with Gasteiger partial charge >= 0.3 is 0 Å². The van der Waals surface area contributed by atoms with Gasteiger partial charge in [-0.1, -0.05) is 66.7 Å². The molecular formula is C21H14O2.